The number of urea groups is 1. The lowest BCUT2D eigenvalue weighted by Crippen LogP contribution is -2.37. The topological polar surface area (TPSA) is 122 Å². The van der Waals surface area contributed by atoms with Gasteiger partial charge in [0.05, 0.1) is 12.7 Å². The van der Waals surface area contributed by atoms with Crippen molar-refractivity contribution in [2.45, 2.75) is 4.90 Å². The lowest BCUT2D eigenvalue weighted by molar-refractivity contribution is -0.130. The number of benzene rings is 1. The van der Waals surface area contributed by atoms with Crippen LogP contribution in [0, 0.1) is 0 Å². The fraction of sp³-hybridized carbons (Fsp3) is 0.400. The van der Waals surface area contributed by atoms with E-state index in [1.807, 2.05) is 0 Å². The van der Waals surface area contributed by atoms with Crippen LogP contribution in [0.1, 0.15) is 10.4 Å². The van der Waals surface area contributed by atoms with Crippen LogP contribution in [0.25, 0.3) is 0 Å². The summed E-state index contributed by atoms with van der Waals surface area (Å²) < 4.78 is 35.6. The van der Waals surface area contributed by atoms with E-state index in [9.17, 15) is 22.8 Å². The molecule has 0 bridgehead atoms. The molecule has 1 fully saturated rings. The Morgan fingerprint density at radius 2 is 2.00 bits per heavy atom. The first-order valence-corrected chi connectivity index (χ1v) is 8.98. The minimum atomic E-state index is -3.85. The average molecular weight is 385 g/mol. The molecule has 1 aromatic carbocycles. The molecule has 0 saturated carbocycles. The van der Waals surface area contributed by atoms with Crippen molar-refractivity contribution >= 4 is 27.9 Å². The summed E-state index contributed by atoms with van der Waals surface area (Å²) >= 11 is 0. The van der Waals surface area contributed by atoms with E-state index < -0.39 is 34.5 Å². The molecule has 142 valence electrons. The number of nitrogens with zero attached hydrogens (tertiary/aromatic N) is 2. The van der Waals surface area contributed by atoms with E-state index in [-0.39, 0.29) is 22.8 Å². The molecule has 2 rings (SSSR count). The molecule has 1 aliphatic rings. The predicted molar refractivity (Wildman–Crippen MR) is 89.3 cm³/mol. The van der Waals surface area contributed by atoms with Gasteiger partial charge < -0.3 is 14.8 Å². The van der Waals surface area contributed by atoms with Gasteiger partial charge in [-0.15, -0.1) is 0 Å². The van der Waals surface area contributed by atoms with Crippen LogP contribution in [0.5, 0.6) is 5.75 Å². The normalized spacial score (nSPS) is 14.3. The Labute approximate surface area is 150 Å². The number of methoxy groups -OCH3 is 1. The summed E-state index contributed by atoms with van der Waals surface area (Å²) in [4.78, 5) is 36.1. The van der Waals surface area contributed by atoms with Crippen LogP contribution in [0.2, 0.25) is 0 Å². The van der Waals surface area contributed by atoms with Crippen LogP contribution >= 0.6 is 0 Å². The van der Waals surface area contributed by atoms with E-state index >= 15 is 0 Å². The zero-order chi connectivity index (χ0) is 19.5. The van der Waals surface area contributed by atoms with Crippen LogP contribution in [-0.2, 0) is 19.6 Å². The molecule has 1 heterocycles. The number of carbonyl (C=O) groups is 3. The van der Waals surface area contributed by atoms with Crippen molar-refractivity contribution in [2.75, 3.05) is 40.9 Å². The molecule has 0 spiro atoms. The van der Waals surface area contributed by atoms with Gasteiger partial charge in [-0.05, 0) is 18.2 Å². The fourth-order valence-electron chi connectivity index (χ4n) is 2.20. The summed E-state index contributed by atoms with van der Waals surface area (Å²) in [6.45, 7) is -0.0974. The van der Waals surface area contributed by atoms with Crippen molar-refractivity contribution in [3.05, 3.63) is 23.8 Å². The highest BCUT2D eigenvalue weighted by atomic mass is 32.2. The molecule has 1 N–H and O–H groups in total. The number of hydrogen-bond acceptors (Lipinski definition) is 7. The third-order valence-corrected chi connectivity index (χ3v) is 5.48. The molecule has 0 radical (unpaired) electrons. The van der Waals surface area contributed by atoms with Gasteiger partial charge >= 0.3 is 12.0 Å². The van der Waals surface area contributed by atoms with Crippen molar-refractivity contribution in [3.8, 4) is 5.75 Å². The maximum atomic E-state index is 12.4. The first kappa shape index (κ1) is 19.7. The zero-order valence-corrected chi connectivity index (χ0v) is 15.3. The molecule has 0 aromatic heterocycles. The molecule has 10 nitrogen and oxygen atoms in total. The van der Waals surface area contributed by atoms with E-state index in [0.717, 1.165) is 15.3 Å². The SMILES string of the molecule is COc1ccc(C(=O)OCC(=O)N2CCNC2=O)cc1S(=O)(=O)N(C)C. The third kappa shape index (κ3) is 3.94. The van der Waals surface area contributed by atoms with Gasteiger partial charge in [0.15, 0.2) is 6.61 Å². The monoisotopic (exact) mass is 385 g/mol. The minimum Gasteiger partial charge on any atom is -0.495 e. The summed E-state index contributed by atoms with van der Waals surface area (Å²) in [5.74, 6) is -1.49. The molecule has 1 aromatic rings. The number of carbonyl (C=O) groups excluding carboxylic acids is 3. The Morgan fingerprint density at radius 1 is 1.31 bits per heavy atom. The van der Waals surface area contributed by atoms with Crippen molar-refractivity contribution in [1.29, 1.82) is 0 Å². The van der Waals surface area contributed by atoms with Gasteiger partial charge in [-0.2, -0.15) is 0 Å². The summed E-state index contributed by atoms with van der Waals surface area (Å²) in [5, 5.41) is 2.46. The fourth-order valence-corrected chi connectivity index (χ4v) is 3.27. The van der Waals surface area contributed by atoms with Gasteiger partial charge in [0, 0.05) is 27.2 Å². The Balaban J connectivity index is 2.16. The van der Waals surface area contributed by atoms with E-state index in [1.54, 1.807) is 0 Å². The minimum absolute atomic E-state index is 0.0649. The van der Waals surface area contributed by atoms with Crippen LogP contribution < -0.4 is 10.1 Å². The molecule has 0 unspecified atom stereocenters. The molecule has 11 heteroatoms. The summed E-state index contributed by atoms with van der Waals surface area (Å²) in [6, 6.07) is 3.21. The molecular weight excluding hydrogens is 366 g/mol. The van der Waals surface area contributed by atoms with Crippen LogP contribution in [0.4, 0.5) is 4.79 Å². The second-order valence-corrected chi connectivity index (χ2v) is 7.63. The molecular formula is C15H19N3O7S. The molecule has 0 atom stereocenters. The van der Waals surface area contributed by atoms with Crippen LogP contribution in [-0.4, -0.2) is 76.4 Å². The number of sulfonamides is 1. The smallest absolute Gasteiger partial charge is 0.338 e. The quantitative estimate of drug-likeness (QED) is 0.664. The first-order valence-electron chi connectivity index (χ1n) is 7.54. The Hall–Kier alpha value is -2.66. The van der Waals surface area contributed by atoms with Gasteiger partial charge in [-0.1, -0.05) is 0 Å². The van der Waals surface area contributed by atoms with Gasteiger partial charge in [-0.3, -0.25) is 9.69 Å². The Morgan fingerprint density at radius 3 is 2.54 bits per heavy atom. The second-order valence-electron chi connectivity index (χ2n) is 5.51. The average Bonchev–Trinajstić information content (AvgIpc) is 3.04. The largest absolute Gasteiger partial charge is 0.495 e. The maximum Gasteiger partial charge on any atom is 0.338 e. The number of hydrogen-bond donors (Lipinski definition) is 1. The van der Waals surface area contributed by atoms with E-state index in [4.69, 9.17) is 9.47 Å². The number of ether oxygens (including phenoxy) is 2. The Bertz CT molecular complexity index is 836. The number of esters is 1. The van der Waals surface area contributed by atoms with Gasteiger partial charge in [0.2, 0.25) is 10.0 Å². The maximum absolute atomic E-state index is 12.4. The highest BCUT2D eigenvalue weighted by Crippen LogP contribution is 2.27. The van der Waals surface area contributed by atoms with Gasteiger partial charge in [0.1, 0.15) is 10.6 Å². The van der Waals surface area contributed by atoms with Gasteiger partial charge in [0.25, 0.3) is 5.91 Å². The number of rotatable bonds is 6. The highest BCUT2D eigenvalue weighted by molar-refractivity contribution is 7.89. The molecule has 26 heavy (non-hydrogen) atoms. The van der Waals surface area contributed by atoms with E-state index in [0.29, 0.717) is 6.54 Å². The standard InChI is InChI=1S/C15H19N3O7S/c1-17(2)26(22,23)12-8-10(4-5-11(12)24-3)14(20)25-9-13(19)18-7-6-16-15(18)21/h4-5,8H,6-7,9H2,1-3H3,(H,16,21). The number of amides is 3. The molecule has 1 saturated heterocycles. The third-order valence-electron chi connectivity index (χ3n) is 3.64. The lowest BCUT2D eigenvalue weighted by Gasteiger charge is -2.15. The molecule has 0 aliphatic carbocycles. The Kier molecular flexibility index (Phi) is 5.83. The summed E-state index contributed by atoms with van der Waals surface area (Å²) in [5.41, 5.74) is -0.0649. The van der Waals surface area contributed by atoms with Crippen molar-refractivity contribution in [3.63, 3.8) is 0 Å². The molecule has 3 amide bonds. The number of imide groups is 1. The van der Waals surface area contributed by atoms with Crippen LogP contribution in [0.3, 0.4) is 0 Å². The van der Waals surface area contributed by atoms with Crippen molar-refractivity contribution in [2.24, 2.45) is 0 Å². The first-order chi connectivity index (χ1) is 12.2. The van der Waals surface area contributed by atoms with E-state index in [1.165, 1.54) is 33.3 Å². The summed E-state index contributed by atoms with van der Waals surface area (Å²) in [6.07, 6.45) is 0. The second kappa shape index (κ2) is 7.70. The predicted octanol–water partition coefficient (Wildman–Crippen LogP) is -0.346. The van der Waals surface area contributed by atoms with Crippen LogP contribution in [0.15, 0.2) is 23.1 Å². The lowest BCUT2D eigenvalue weighted by atomic mass is 10.2. The highest BCUT2D eigenvalue weighted by Gasteiger charge is 2.28. The summed E-state index contributed by atoms with van der Waals surface area (Å²) in [7, 11) is 0.146. The van der Waals surface area contributed by atoms with Gasteiger partial charge in [-0.25, -0.2) is 22.3 Å². The molecule has 1 aliphatic heterocycles. The zero-order valence-electron chi connectivity index (χ0n) is 14.5. The van der Waals surface area contributed by atoms with Crippen molar-refractivity contribution < 1.29 is 32.3 Å². The van der Waals surface area contributed by atoms with E-state index in [2.05, 4.69) is 5.32 Å². The van der Waals surface area contributed by atoms with Crippen molar-refractivity contribution in [1.82, 2.24) is 14.5 Å². The number of nitrogens with one attached hydrogen (secondary N) is 1.